The molecule has 0 bridgehead atoms. The van der Waals surface area contributed by atoms with Crippen molar-refractivity contribution in [2.24, 2.45) is 5.16 Å². The number of nitrogens with one attached hydrogen (secondary N) is 1. The van der Waals surface area contributed by atoms with Crippen LogP contribution in [0, 0.1) is 0 Å². The first-order valence-electron chi connectivity index (χ1n) is 4.84. The minimum absolute atomic E-state index is 0.454. The summed E-state index contributed by atoms with van der Waals surface area (Å²) in [5.41, 5.74) is 1.79. The molecule has 0 aliphatic heterocycles. The number of rotatable bonds is 4. The fourth-order valence-electron chi connectivity index (χ4n) is 1.34. The van der Waals surface area contributed by atoms with Gasteiger partial charge in [0.2, 0.25) is 0 Å². The topological polar surface area (TPSA) is 64.9 Å². The van der Waals surface area contributed by atoms with E-state index >= 15 is 0 Å². The highest BCUT2D eigenvalue weighted by atomic mass is 16.4. The van der Waals surface area contributed by atoms with E-state index in [1.807, 2.05) is 37.2 Å². The van der Waals surface area contributed by atoms with Crippen molar-refractivity contribution in [3.8, 4) is 0 Å². The molecule has 1 aromatic carbocycles. The fraction of sp³-hybridized carbons (Fsp3) is 0.273. The Balaban J connectivity index is 2.70. The number of amides is 1. The van der Waals surface area contributed by atoms with E-state index in [2.05, 4.69) is 10.5 Å². The molecule has 0 unspecified atom stereocenters. The van der Waals surface area contributed by atoms with E-state index in [1.165, 1.54) is 0 Å². The maximum atomic E-state index is 11.1. The van der Waals surface area contributed by atoms with Crippen LogP contribution in [-0.2, 0) is 11.3 Å². The number of oxime groups is 1. The SMILES string of the molecule is CN(C)Cc1cccc(NC(=O)/C=N\O)c1. The molecule has 1 amide bonds. The molecule has 0 heterocycles. The Hall–Kier alpha value is -1.88. The van der Waals surface area contributed by atoms with Gasteiger partial charge in [0.15, 0.2) is 0 Å². The molecule has 0 aromatic heterocycles. The molecule has 86 valence electrons. The lowest BCUT2D eigenvalue weighted by Gasteiger charge is -2.10. The van der Waals surface area contributed by atoms with Gasteiger partial charge in [0.25, 0.3) is 5.91 Å². The summed E-state index contributed by atoms with van der Waals surface area (Å²) in [6, 6.07) is 7.51. The third-order valence-electron chi connectivity index (χ3n) is 1.87. The van der Waals surface area contributed by atoms with E-state index in [1.54, 1.807) is 6.07 Å². The summed E-state index contributed by atoms with van der Waals surface area (Å²) in [5.74, 6) is -0.454. The average molecular weight is 221 g/mol. The number of hydrogen-bond donors (Lipinski definition) is 2. The smallest absolute Gasteiger partial charge is 0.270 e. The zero-order chi connectivity index (χ0) is 12.0. The van der Waals surface area contributed by atoms with Crippen LogP contribution >= 0.6 is 0 Å². The Kier molecular flexibility index (Phi) is 4.47. The van der Waals surface area contributed by atoms with Gasteiger partial charge in [-0.3, -0.25) is 4.79 Å². The molecule has 0 aliphatic rings. The summed E-state index contributed by atoms with van der Waals surface area (Å²) in [6.07, 6.45) is 0.818. The summed E-state index contributed by atoms with van der Waals surface area (Å²) in [4.78, 5) is 13.2. The van der Waals surface area contributed by atoms with Gasteiger partial charge in [-0.2, -0.15) is 0 Å². The van der Waals surface area contributed by atoms with Crippen molar-refractivity contribution in [2.45, 2.75) is 6.54 Å². The molecule has 0 atom stereocenters. The Morgan fingerprint density at radius 3 is 2.94 bits per heavy atom. The number of benzene rings is 1. The molecule has 0 aliphatic carbocycles. The second kappa shape index (κ2) is 5.87. The van der Waals surface area contributed by atoms with Crippen LogP contribution in [-0.4, -0.2) is 36.3 Å². The summed E-state index contributed by atoms with van der Waals surface area (Å²) in [6.45, 7) is 0.803. The van der Waals surface area contributed by atoms with Gasteiger partial charge in [-0.1, -0.05) is 17.3 Å². The molecule has 5 nitrogen and oxygen atoms in total. The van der Waals surface area contributed by atoms with E-state index in [-0.39, 0.29) is 0 Å². The molecule has 1 aromatic rings. The minimum Gasteiger partial charge on any atom is -0.411 e. The number of hydrogen-bond acceptors (Lipinski definition) is 4. The first kappa shape index (κ1) is 12.2. The van der Waals surface area contributed by atoms with E-state index in [0.717, 1.165) is 18.3 Å². The van der Waals surface area contributed by atoms with Crippen LogP contribution in [0.5, 0.6) is 0 Å². The third kappa shape index (κ3) is 4.10. The Morgan fingerprint density at radius 2 is 2.31 bits per heavy atom. The Bertz CT molecular complexity index is 389. The van der Waals surface area contributed by atoms with Crippen LogP contribution in [0.2, 0.25) is 0 Å². The zero-order valence-corrected chi connectivity index (χ0v) is 9.34. The molecule has 0 saturated carbocycles. The van der Waals surface area contributed by atoms with Crippen molar-refractivity contribution in [2.75, 3.05) is 19.4 Å². The van der Waals surface area contributed by atoms with Gasteiger partial charge in [-0.15, -0.1) is 0 Å². The van der Waals surface area contributed by atoms with Crippen molar-refractivity contribution in [1.82, 2.24) is 4.90 Å². The lowest BCUT2D eigenvalue weighted by atomic mass is 10.2. The van der Waals surface area contributed by atoms with Crippen LogP contribution in [0.25, 0.3) is 0 Å². The second-order valence-corrected chi connectivity index (χ2v) is 3.67. The molecule has 0 radical (unpaired) electrons. The van der Waals surface area contributed by atoms with Crippen molar-refractivity contribution in [1.29, 1.82) is 0 Å². The van der Waals surface area contributed by atoms with Crippen LogP contribution in [0.3, 0.4) is 0 Å². The summed E-state index contributed by atoms with van der Waals surface area (Å²) < 4.78 is 0. The predicted molar refractivity (Wildman–Crippen MR) is 62.7 cm³/mol. The number of anilines is 1. The van der Waals surface area contributed by atoms with Gasteiger partial charge in [0, 0.05) is 12.2 Å². The van der Waals surface area contributed by atoms with Crippen molar-refractivity contribution in [3.63, 3.8) is 0 Å². The largest absolute Gasteiger partial charge is 0.411 e. The number of carbonyl (C=O) groups excluding carboxylic acids is 1. The molecular weight excluding hydrogens is 206 g/mol. The second-order valence-electron chi connectivity index (χ2n) is 3.67. The van der Waals surface area contributed by atoms with Crippen LogP contribution in [0.15, 0.2) is 29.4 Å². The van der Waals surface area contributed by atoms with Gasteiger partial charge in [-0.05, 0) is 31.8 Å². The third-order valence-corrected chi connectivity index (χ3v) is 1.87. The van der Waals surface area contributed by atoms with Gasteiger partial charge in [-0.25, -0.2) is 0 Å². The number of carbonyl (C=O) groups is 1. The van der Waals surface area contributed by atoms with E-state index in [4.69, 9.17) is 5.21 Å². The molecule has 5 heteroatoms. The maximum Gasteiger partial charge on any atom is 0.270 e. The summed E-state index contributed by atoms with van der Waals surface area (Å²) in [7, 11) is 3.95. The zero-order valence-electron chi connectivity index (χ0n) is 9.34. The molecule has 0 spiro atoms. The lowest BCUT2D eigenvalue weighted by molar-refractivity contribution is -0.110. The van der Waals surface area contributed by atoms with Gasteiger partial charge in [0.1, 0.15) is 6.21 Å². The lowest BCUT2D eigenvalue weighted by Crippen LogP contribution is -2.14. The summed E-state index contributed by atoms with van der Waals surface area (Å²) in [5, 5.41) is 13.4. The molecule has 0 fully saturated rings. The van der Waals surface area contributed by atoms with E-state index in [9.17, 15) is 4.79 Å². The standard InChI is InChI=1S/C11H15N3O2/c1-14(2)8-9-4-3-5-10(6-9)13-11(15)7-12-16/h3-7,16H,8H2,1-2H3,(H,13,15)/b12-7-. The fourth-order valence-corrected chi connectivity index (χ4v) is 1.34. The van der Waals surface area contributed by atoms with Crippen LogP contribution in [0.4, 0.5) is 5.69 Å². The minimum atomic E-state index is -0.454. The molecule has 0 saturated heterocycles. The Morgan fingerprint density at radius 1 is 1.56 bits per heavy atom. The summed E-state index contributed by atoms with van der Waals surface area (Å²) >= 11 is 0. The molecular formula is C11H15N3O2. The highest BCUT2D eigenvalue weighted by Crippen LogP contribution is 2.11. The molecule has 1 rings (SSSR count). The van der Waals surface area contributed by atoms with Gasteiger partial charge < -0.3 is 15.4 Å². The van der Waals surface area contributed by atoms with E-state index < -0.39 is 5.91 Å². The van der Waals surface area contributed by atoms with Crippen molar-refractivity contribution >= 4 is 17.8 Å². The van der Waals surface area contributed by atoms with Crippen molar-refractivity contribution < 1.29 is 10.0 Å². The normalized spacial score (nSPS) is 10.9. The predicted octanol–water partition coefficient (Wildman–Crippen LogP) is 1.15. The molecule has 16 heavy (non-hydrogen) atoms. The van der Waals surface area contributed by atoms with Crippen LogP contribution < -0.4 is 5.32 Å². The highest BCUT2D eigenvalue weighted by Gasteiger charge is 2.00. The maximum absolute atomic E-state index is 11.1. The van der Waals surface area contributed by atoms with E-state index in [0.29, 0.717) is 5.69 Å². The first-order valence-corrected chi connectivity index (χ1v) is 4.84. The Labute approximate surface area is 94.4 Å². The molecule has 2 N–H and O–H groups in total. The van der Waals surface area contributed by atoms with Crippen LogP contribution in [0.1, 0.15) is 5.56 Å². The quantitative estimate of drug-likeness (QED) is 0.455. The average Bonchev–Trinajstić information content (AvgIpc) is 2.17. The van der Waals surface area contributed by atoms with Crippen molar-refractivity contribution in [3.05, 3.63) is 29.8 Å². The van der Waals surface area contributed by atoms with Gasteiger partial charge in [0.05, 0.1) is 0 Å². The first-order chi connectivity index (χ1) is 7.61. The number of nitrogens with zero attached hydrogens (tertiary/aromatic N) is 2. The van der Waals surface area contributed by atoms with Gasteiger partial charge >= 0.3 is 0 Å². The monoisotopic (exact) mass is 221 g/mol. The highest BCUT2D eigenvalue weighted by molar-refractivity contribution is 6.31.